The highest BCUT2D eigenvalue weighted by molar-refractivity contribution is 5.98. The Morgan fingerprint density at radius 3 is 1.75 bits per heavy atom. The van der Waals surface area contributed by atoms with Crippen molar-refractivity contribution in [3.63, 3.8) is 0 Å². The first-order valence-corrected chi connectivity index (χ1v) is 19.2. The van der Waals surface area contributed by atoms with E-state index >= 15 is 0 Å². The van der Waals surface area contributed by atoms with Crippen LogP contribution in [0.25, 0.3) is 112 Å². The van der Waals surface area contributed by atoms with Gasteiger partial charge in [-0.3, -0.25) is 55.2 Å². The van der Waals surface area contributed by atoms with Crippen molar-refractivity contribution in [1.82, 2.24) is 90.4 Å². The number of hydrogen-bond donors (Lipinski definition) is 5. The van der Waals surface area contributed by atoms with Crippen LogP contribution in [-0.4, -0.2) is 90.4 Å². The molecule has 12 heterocycles. The van der Waals surface area contributed by atoms with Crippen molar-refractivity contribution < 1.29 is 0 Å². The largest absolute Gasteiger partial charge is 0.335 e. The summed E-state index contributed by atoms with van der Waals surface area (Å²) in [5.41, 5.74) is 13.1. The van der Waals surface area contributed by atoms with E-state index in [9.17, 15) is 0 Å². The highest BCUT2D eigenvalue weighted by Crippen LogP contribution is 2.33. The third kappa shape index (κ3) is 6.84. The molecule has 0 aromatic carbocycles. The molecule has 0 saturated carbocycles. The normalized spacial score (nSPS) is 11.1. The summed E-state index contributed by atoms with van der Waals surface area (Å²) in [5.74, 6) is 1.30. The molecule has 0 saturated heterocycles. The SMILES string of the molecule is CC.c1cc(-c2cncc3[nH]c(-c4n[nH]c5cnc(-c6cnccn6)cc45)nc23)ccn1.c1ccc(-c2cncc3[nH]c(-c4n[nH]c5cnc(-c6cn[nH]c6)cc45)nc23)nc1. The summed E-state index contributed by atoms with van der Waals surface area (Å²) >= 11 is 0. The number of hydrogen-bond acceptors (Lipinski definition) is 13. The molecule has 0 bridgehead atoms. The third-order valence-electron chi connectivity index (χ3n) is 9.68. The minimum Gasteiger partial charge on any atom is -0.335 e. The van der Waals surface area contributed by atoms with Crippen molar-refractivity contribution in [2.24, 2.45) is 0 Å². The van der Waals surface area contributed by atoms with Gasteiger partial charge in [0.25, 0.3) is 0 Å². The molecule has 0 radical (unpaired) electrons. The van der Waals surface area contributed by atoms with Gasteiger partial charge >= 0.3 is 0 Å². The van der Waals surface area contributed by atoms with Gasteiger partial charge in [-0.25, -0.2) is 9.97 Å². The van der Waals surface area contributed by atoms with Gasteiger partial charge in [-0.15, -0.1) is 0 Å². The van der Waals surface area contributed by atoms with Gasteiger partial charge in [-0.1, -0.05) is 19.9 Å². The highest BCUT2D eigenvalue weighted by atomic mass is 15.2. The van der Waals surface area contributed by atoms with Gasteiger partial charge in [-0.2, -0.15) is 15.3 Å². The number of imidazole rings is 2. The molecule has 0 amide bonds. The molecule has 12 aromatic heterocycles. The van der Waals surface area contributed by atoms with Crippen LogP contribution < -0.4 is 0 Å². The monoisotopic (exact) mass is 800 g/mol. The summed E-state index contributed by atoms with van der Waals surface area (Å²) in [6, 6.07) is 13.6. The van der Waals surface area contributed by atoms with Crippen molar-refractivity contribution in [3.8, 4) is 68.1 Å². The number of rotatable bonds is 6. The predicted octanol–water partition coefficient (Wildman–Crippen LogP) is 7.79. The number of fused-ring (bicyclic) bond motifs is 4. The van der Waals surface area contributed by atoms with E-state index in [0.717, 1.165) is 83.2 Å². The Labute approximate surface area is 344 Å². The number of nitrogens with zero attached hydrogens (tertiary/aromatic N) is 13. The molecule has 0 aliphatic carbocycles. The molecule has 5 N–H and O–H groups in total. The first-order chi connectivity index (χ1) is 30.2. The minimum atomic E-state index is 0.649. The zero-order valence-electron chi connectivity index (χ0n) is 32.4. The van der Waals surface area contributed by atoms with Gasteiger partial charge in [0.15, 0.2) is 11.6 Å². The number of H-pyrrole nitrogens is 5. The van der Waals surface area contributed by atoms with E-state index in [2.05, 4.69) is 80.4 Å². The Bertz CT molecular complexity index is 3390. The fourth-order valence-electron chi connectivity index (χ4n) is 6.86. The van der Waals surface area contributed by atoms with Crippen LogP contribution in [-0.2, 0) is 0 Å². The maximum atomic E-state index is 4.84. The second-order valence-electron chi connectivity index (χ2n) is 13.2. The topological polar surface area (TPSA) is 247 Å². The molecule has 0 aliphatic rings. The molecule has 18 nitrogen and oxygen atoms in total. The van der Waals surface area contributed by atoms with E-state index in [0.29, 0.717) is 28.7 Å². The van der Waals surface area contributed by atoms with E-state index in [-0.39, 0.29) is 0 Å². The maximum absolute atomic E-state index is 4.84. The molecule has 294 valence electrons. The highest BCUT2D eigenvalue weighted by Gasteiger charge is 2.19. The lowest BCUT2D eigenvalue weighted by molar-refractivity contribution is 1.09. The van der Waals surface area contributed by atoms with E-state index in [1.807, 2.05) is 56.3 Å². The fourth-order valence-corrected chi connectivity index (χ4v) is 6.86. The van der Waals surface area contributed by atoms with Crippen molar-refractivity contribution in [2.45, 2.75) is 13.8 Å². The molecular formula is C43H32N18. The molecule has 18 heteroatoms. The van der Waals surface area contributed by atoms with Gasteiger partial charge in [0, 0.05) is 77.0 Å². The number of aromatic nitrogens is 18. The number of nitrogens with one attached hydrogen (secondary N) is 5. The molecule has 12 aromatic rings. The van der Waals surface area contributed by atoms with E-state index in [1.165, 1.54) is 0 Å². The van der Waals surface area contributed by atoms with E-state index in [1.54, 1.807) is 86.8 Å². The second kappa shape index (κ2) is 15.8. The van der Waals surface area contributed by atoms with Crippen LogP contribution in [0.2, 0.25) is 0 Å². The lowest BCUT2D eigenvalue weighted by Crippen LogP contribution is -1.88. The molecule has 0 atom stereocenters. The second-order valence-corrected chi connectivity index (χ2v) is 13.2. The third-order valence-corrected chi connectivity index (χ3v) is 9.68. The fraction of sp³-hybridized carbons (Fsp3) is 0.0465. The van der Waals surface area contributed by atoms with Crippen molar-refractivity contribution in [2.75, 3.05) is 0 Å². The number of aromatic amines is 5. The van der Waals surface area contributed by atoms with E-state index < -0.39 is 0 Å². The molecule has 12 rings (SSSR count). The Hall–Kier alpha value is -8.93. The van der Waals surface area contributed by atoms with Crippen LogP contribution in [0, 0.1) is 0 Å². The van der Waals surface area contributed by atoms with Crippen LogP contribution in [0.3, 0.4) is 0 Å². The Balaban J connectivity index is 0.000000141. The van der Waals surface area contributed by atoms with Gasteiger partial charge in [-0.05, 0) is 42.0 Å². The van der Waals surface area contributed by atoms with Crippen molar-refractivity contribution in [3.05, 3.63) is 129 Å². The summed E-state index contributed by atoms with van der Waals surface area (Å²) in [4.78, 5) is 50.9. The molecule has 0 unspecified atom stereocenters. The number of pyridine rings is 6. The summed E-state index contributed by atoms with van der Waals surface area (Å²) < 4.78 is 0. The molecule has 0 spiro atoms. The predicted molar refractivity (Wildman–Crippen MR) is 230 cm³/mol. The van der Waals surface area contributed by atoms with Crippen molar-refractivity contribution in [1.29, 1.82) is 0 Å². The lowest BCUT2D eigenvalue weighted by atomic mass is 10.1. The van der Waals surface area contributed by atoms with Crippen LogP contribution >= 0.6 is 0 Å². The summed E-state index contributed by atoms with van der Waals surface area (Å²) in [6.45, 7) is 4.00. The zero-order valence-corrected chi connectivity index (χ0v) is 32.4. The van der Waals surface area contributed by atoms with Crippen LogP contribution in [0.5, 0.6) is 0 Å². The molecule has 61 heavy (non-hydrogen) atoms. The standard InChI is InChI=1S/C21H13N9.C20H13N9.C2H6/c1-3-22-4-2-12(1)14-8-24-10-18-19(14)28-21(27-18)20-13-7-15(17-9-23-5-6-25-17)26-11-16(13)29-30-20;1-2-4-22-14(3-1)13-8-21-9-17-18(13)27-20(26-17)19-12-5-15(11-6-24-25-7-11)23-10-16(12)28-29-19;1-2/h1-11H,(H,27,28)(H,29,30);1-10H,(H,24,25)(H,26,27)(H,28,29);1-2H3. The van der Waals surface area contributed by atoms with E-state index in [4.69, 9.17) is 9.97 Å². The smallest absolute Gasteiger partial charge is 0.159 e. The summed E-state index contributed by atoms with van der Waals surface area (Å²) in [5, 5.41) is 23.6. The average Bonchev–Trinajstić information content (AvgIpc) is 4.19. The zero-order chi connectivity index (χ0) is 41.1. The maximum Gasteiger partial charge on any atom is 0.159 e. The van der Waals surface area contributed by atoms with Gasteiger partial charge in [0.2, 0.25) is 0 Å². The first-order valence-electron chi connectivity index (χ1n) is 19.2. The quantitative estimate of drug-likeness (QED) is 0.108. The van der Waals surface area contributed by atoms with Crippen LogP contribution in [0.15, 0.2) is 129 Å². The summed E-state index contributed by atoms with van der Waals surface area (Å²) in [7, 11) is 0. The minimum absolute atomic E-state index is 0.649. The van der Waals surface area contributed by atoms with Gasteiger partial charge in [0.05, 0.1) is 81.8 Å². The lowest BCUT2D eigenvalue weighted by Gasteiger charge is -2.00. The molecule has 0 fully saturated rings. The molecule has 0 aliphatic heterocycles. The Kier molecular flexibility index (Phi) is 9.42. The Morgan fingerprint density at radius 2 is 1.11 bits per heavy atom. The van der Waals surface area contributed by atoms with Crippen molar-refractivity contribution >= 4 is 43.9 Å². The first kappa shape index (κ1) is 36.4. The Morgan fingerprint density at radius 1 is 0.459 bits per heavy atom. The van der Waals surface area contributed by atoms with Gasteiger partial charge < -0.3 is 9.97 Å². The average molecular weight is 801 g/mol. The van der Waals surface area contributed by atoms with Gasteiger partial charge in [0.1, 0.15) is 22.6 Å². The van der Waals surface area contributed by atoms with Crippen LogP contribution in [0.4, 0.5) is 0 Å². The molecular weight excluding hydrogens is 769 g/mol. The van der Waals surface area contributed by atoms with Crippen LogP contribution in [0.1, 0.15) is 13.8 Å². The summed E-state index contributed by atoms with van der Waals surface area (Å²) in [6.07, 6.45) is 24.4.